The predicted octanol–water partition coefficient (Wildman–Crippen LogP) is 9.57. The molecule has 220 valence electrons. The van der Waals surface area contributed by atoms with Crippen molar-refractivity contribution in [1.29, 1.82) is 0 Å². The van der Waals surface area contributed by atoms with Gasteiger partial charge in [-0.1, -0.05) is 72.6 Å². The summed E-state index contributed by atoms with van der Waals surface area (Å²) in [6.07, 6.45) is -0.0495. The third kappa shape index (κ3) is 8.77. The Hall–Kier alpha value is -2.96. The van der Waals surface area contributed by atoms with Gasteiger partial charge in [0, 0.05) is 22.4 Å². The average Bonchev–Trinajstić information content (AvgIpc) is 3.32. The lowest BCUT2D eigenvalue weighted by atomic mass is 9.88. The molecule has 7 heteroatoms. The number of carbonyl (C=O) groups excluding carboxylic acids is 1. The minimum absolute atomic E-state index is 0.0275. The second-order valence-corrected chi connectivity index (χ2v) is 11.6. The van der Waals surface area contributed by atoms with Crippen LogP contribution in [0.25, 0.3) is 22.3 Å². The van der Waals surface area contributed by atoms with Gasteiger partial charge in [0.15, 0.2) is 0 Å². The summed E-state index contributed by atoms with van der Waals surface area (Å²) in [6, 6.07) is 13.8. The summed E-state index contributed by atoms with van der Waals surface area (Å²) in [5.41, 5.74) is 2.73. The first kappa shape index (κ1) is 31.6. The molecular formula is C33H43F3O4. The Balaban J connectivity index is 1.76. The maximum Gasteiger partial charge on any atom is 0.389 e. The molecule has 2 unspecified atom stereocenters. The van der Waals surface area contributed by atoms with Crippen LogP contribution in [0, 0.1) is 17.3 Å². The molecule has 0 saturated carbocycles. The standard InChI is InChI=1S/C33H43F3O4/c1-7-9-10-11-24-12-15-28(25(8-2)16-24)30-17-26-13-14-27(18-29(26)40-30)38-20-32(6,19-33(34,35)36)21-39-31(37)23(5)22(3)4/h12-18,22-23H,7-11,19-21H2,1-6H3. The van der Waals surface area contributed by atoms with Gasteiger partial charge in [-0.3, -0.25) is 4.79 Å². The predicted molar refractivity (Wildman–Crippen MR) is 153 cm³/mol. The number of carbonyl (C=O) groups is 1. The Bertz CT molecular complexity index is 1260. The van der Waals surface area contributed by atoms with E-state index in [-0.39, 0.29) is 19.1 Å². The van der Waals surface area contributed by atoms with Crippen LogP contribution < -0.4 is 4.74 Å². The number of hydrogen-bond acceptors (Lipinski definition) is 4. The Morgan fingerprint density at radius 3 is 2.38 bits per heavy atom. The quantitative estimate of drug-likeness (QED) is 0.145. The molecule has 1 heterocycles. The van der Waals surface area contributed by atoms with Crippen LogP contribution in [0.2, 0.25) is 0 Å². The topological polar surface area (TPSA) is 48.7 Å². The van der Waals surface area contributed by atoms with E-state index >= 15 is 0 Å². The van der Waals surface area contributed by atoms with Gasteiger partial charge in [0.2, 0.25) is 0 Å². The lowest BCUT2D eigenvalue weighted by Gasteiger charge is -2.30. The Morgan fingerprint density at radius 1 is 0.975 bits per heavy atom. The van der Waals surface area contributed by atoms with Crippen molar-refractivity contribution in [2.24, 2.45) is 17.3 Å². The molecule has 4 nitrogen and oxygen atoms in total. The Kier molecular flexibility index (Phi) is 10.7. The maximum atomic E-state index is 13.4. The first-order valence-corrected chi connectivity index (χ1v) is 14.4. The monoisotopic (exact) mass is 560 g/mol. The van der Waals surface area contributed by atoms with E-state index < -0.39 is 29.9 Å². The van der Waals surface area contributed by atoms with E-state index in [9.17, 15) is 18.0 Å². The number of alkyl halides is 3. The molecule has 0 radical (unpaired) electrons. The van der Waals surface area contributed by atoms with Crippen LogP contribution in [0.4, 0.5) is 13.2 Å². The summed E-state index contributed by atoms with van der Waals surface area (Å²) < 4.78 is 57.6. The van der Waals surface area contributed by atoms with E-state index in [1.807, 2.05) is 26.0 Å². The van der Waals surface area contributed by atoms with Crippen molar-refractivity contribution in [2.45, 2.75) is 86.2 Å². The fraction of sp³-hybridized carbons (Fsp3) is 0.545. The van der Waals surface area contributed by atoms with Gasteiger partial charge in [-0.15, -0.1) is 0 Å². The highest BCUT2D eigenvalue weighted by Crippen LogP contribution is 2.36. The molecule has 3 rings (SSSR count). The highest BCUT2D eigenvalue weighted by molar-refractivity contribution is 5.84. The summed E-state index contributed by atoms with van der Waals surface area (Å²) in [4.78, 5) is 12.3. The van der Waals surface area contributed by atoms with Crippen LogP contribution in [-0.4, -0.2) is 25.4 Å². The molecule has 3 aromatic rings. The van der Waals surface area contributed by atoms with Crippen LogP contribution in [0.1, 0.15) is 78.4 Å². The number of ether oxygens (including phenoxy) is 2. The first-order chi connectivity index (χ1) is 18.8. The third-order valence-corrected chi connectivity index (χ3v) is 7.53. The zero-order valence-electron chi connectivity index (χ0n) is 24.6. The number of unbranched alkanes of at least 4 members (excludes halogenated alkanes) is 2. The highest BCUT2D eigenvalue weighted by Gasteiger charge is 2.41. The summed E-state index contributed by atoms with van der Waals surface area (Å²) in [6.45, 7) is 10.5. The van der Waals surface area contributed by atoms with Crippen LogP contribution in [-0.2, 0) is 22.4 Å². The van der Waals surface area contributed by atoms with Gasteiger partial charge in [-0.05, 0) is 54.5 Å². The molecular weight excluding hydrogens is 517 g/mol. The zero-order chi connectivity index (χ0) is 29.5. The molecule has 0 amide bonds. The molecule has 2 aromatic carbocycles. The average molecular weight is 561 g/mol. The van der Waals surface area contributed by atoms with Crippen molar-refractivity contribution in [3.05, 3.63) is 53.6 Å². The summed E-state index contributed by atoms with van der Waals surface area (Å²) >= 11 is 0. The summed E-state index contributed by atoms with van der Waals surface area (Å²) in [7, 11) is 0. The third-order valence-electron chi connectivity index (χ3n) is 7.53. The molecule has 0 spiro atoms. The molecule has 0 bridgehead atoms. The van der Waals surface area contributed by atoms with E-state index in [0.717, 1.165) is 29.6 Å². The van der Waals surface area contributed by atoms with E-state index in [1.54, 1.807) is 19.1 Å². The first-order valence-electron chi connectivity index (χ1n) is 14.4. The van der Waals surface area contributed by atoms with Crippen LogP contribution in [0.15, 0.2) is 46.9 Å². The number of rotatable bonds is 14. The van der Waals surface area contributed by atoms with Crippen molar-refractivity contribution >= 4 is 16.9 Å². The highest BCUT2D eigenvalue weighted by atomic mass is 19.4. The number of aryl methyl sites for hydroxylation is 2. The Labute approximate surface area is 236 Å². The van der Waals surface area contributed by atoms with Crippen molar-refractivity contribution in [2.75, 3.05) is 13.2 Å². The Morgan fingerprint density at radius 2 is 1.73 bits per heavy atom. The maximum absolute atomic E-state index is 13.4. The van der Waals surface area contributed by atoms with Gasteiger partial charge < -0.3 is 13.9 Å². The van der Waals surface area contributed by atoms with Gasteiger partial charge in [0.05, 0.1) is 18.9 Å². The van der Waals surface area contributed by atoms with E-state index in [4.69, 9.17) is 13.9 Å². The normalized spacial score (nSPS) is 14.3. The number of esters is 1. The largest absolute Gasteiger partial charge is 0.493 e. The molecule has 0 aliphatic carbocycles. The molecule has 40 heavy (non-hydrogen) atoms. The van der Waals surface area contributed by atoms with Gasteiger partial charge in [-0.2, -0.15) is 13.2 Å². The van der Waals surface area contributed by atoms with E-state index in [1.165, 1.54) is 37.3 Å². The second-order valence-electron chi connectivity index (χ2n) is 11.6. The number of furan rings is 1. The van der Waals surface area contributed by atoms with Crippen molar-refractivity contribution in [1.82, 2.24) is 0 Å². The number of benzene rings is 2. The van der Waals surface area contributed by atoms with Crippen molar-refractivity contribution in [3.63, 3.8) is 0 Å². The van der Waals surface area contributed by atoms with Crippen molar-refractivity contribution in [3.8, 4) is 17.1 Å². The molecule has 0 saturated heterocycles. The lowest BCUT2D eigenvalue weighted by molar-refractivity contribution is -0.176. The molecule has 0 aliphatic heterocycles. The summed E-state index contributed by atoms with van der Waals surface area (Å²) in [5.74, 6) is 0.257. The molecule has 0 N–H and O–H groups in total. The van der Waals surface area contributed by atoms with E-state index in [2.05, 4.69) is 32.0 Å². The number of hydrogen-bond donors (Lipinski definition) is 0. The molecule has 1 aromatic heterocycles. The smallest absolute Gasteiger partial charge is 0.389 e. The summed E-state index contributed by atoms with van der Waals surface area (Å²) in [5, 5.41) is 0.881. The molecule has 0 aliphatic rings. The van der Waals surface area contributed by atoms with Crippen LogP contribution in [0.5, 0.6) is 5.75 Å². The van der Waals surface area contributed by atoms with Crippen LogP contribution >= 0.6 is 0 Å². The van der Waals surface area contributed by atoms with Gasteiger partial charge >= 0.3 is 12.1 Å². The lowest BCUT2D eigenvalue weighted by Crippen LogP contribution is -2.37. The van der Waals surface area contributed by atoms with E-state index in [0.29, 0.717) is 11.3 Å². The number of halogens is 3. The minimum atomic E-state index is -4.43. The number of fused-ring (bicyclic) bond motifs is 1. The van der Waals surface area contributed by atoms with Gasteiger partial charge in [0.1, 0.15) is 23.7 Å². The molecule has 0 fully saturated rings. The van der Waals surface area contributed by atoms with Gasteiger partial charge in [-0.25, -0.2) is 0 Å². The molecule has 2 atom stereocenters. The van der Waals surface area contributed by atoms with Gasteiger partial charge in [0.25, 0.3) is 0 Å². The van der Waals surface area contributed by atoms with Crippen LogP contribution in [0.3, 0.4) is 0 Å². The fourth-order valence-corrected chi connectivity index (χ4v) is 4.68. The zero-order valence-corrected chi connectivity index (χ0v) is 24.6. The second kappa shape index (κ2) is 13.6. The SMILES string of the molecule is CCCCCc1ccc(-c2cc3ccc(OCC(C)(COC(=O)C(C)C(C)C)CC(F)(F)F)cc3o2)c(CC)c1. The van der Waals surface area contributed by atoms with Crippen molar-refractivity contribution < 1.29 is 31.9 Å². The minimum Gasteiger partial charge on any atom is -0.493 e. The fourth-order valence-electron chi connectivity index (χ4n) is 4.68.